The van der Waals surface area contributed by atoms with Crippen LogP contribution in [0, 0.1) is 17.8 Å². The summed E-state index contributed by atoms with van der Waals surface area (Å²) in [6.45, 7) is 7.30. The SMILES string of the molecule is CC(C)C1CCC(O)C(N(C)CCOCC2CC2)C1. The number of aliphatic hydroxyl groups excluding tert-OH is 1. The number of likely N-dealkylation sites (N-methyl/N-ethyl adjacent to an activating group) is 1. The average molecular weight is 269 g/mol. The highest BCUT2D eigenvalue weighted by atomic mass is 16.5. The van der Waals surface area contributed by atoms with Crippen LogP contribution in [0.4, 0.5) is 0 Å². The fourth-order valence-corrected chi connectivity index (χ4v) is 3.15. The summed E-state index contributed by atoms with van der Waals surface area (Å²) in [6.07, 6.45) is 5.84. The number of rotatable bonds is 7. The van der Waals surface area contributed by atoms with Crippen molar-refractivity contribution in [3.05, 3.63) is 0 Å². The zero-order chi connectivity index (χ0) is 13.8. The van der Waals surface area contributed by atoms with E-state index in [1.165, 1.54) is 19.3 Å². The Morgan fingerprint density at radius 3 is 2.58 bits per heavy atom. The van der Waals surface area contributed by atoms with Gasteiger partial charge in [0, 0.05) is 19.2 Å². The van der Waals surface area contributed by atoms with Crippen molar-refractivity contribution in [2.24, 2.45) is 17.8 Å². The summed E-state index contributed by atoms with van der Waals surface area (Å²) in [6, 6.07) is 0.325. The molecule has 2 saturated carbocycles. The van der Waals surface area contributed by atoms with Gasteiger partial charge in [0.05, 0.1) is 12.7 Å². The van der Waals surface area contributed by atoms with E-state index >= 15 is 0 Å². The van der Waals surface area contributed by atoms with Gasteiger partial charge in [0.25, 0.3) is 0 Å². The van der Waals surface area contributed by atoms with Crippen molar-refractivity contribution in [1.29, 1.82) is 0 Å². The summed E-state index contributed by atoms with van der Waals surface area (Å²) in [4.78, 5) is 2.31. The Morgan fingerprint density at radius 2 is 1.95 bits per heavy atom. The third-order valence-corrected chi connectivity index (χ3v) is 4.97. The minimum Gasteiger partial charge on any atom is -0.391 e. The van der Waals surface area contributed by atoms with Crippen LogP contribution < -0.4 is 0 Å². The van der Waals surface area contributed by atoms with E-state index in [1.807, 2.05) is 0 Å². The first-order chi connectivity index (χ1) is 9.08. The van der Waals surface area contributed by atoms with E-state index < -0.39 is 0 Å². The first-order valence-electron chi connectivity index (χ1n) is 8.04. The molecule has 2 aliphatic carbocycles. The van der Waals surface area contributed by atoms with Gasteiger partial charge in [-0.25, -0.2) is 0 Å². The summed E-state index contributed by atoms with van der Waals surface area (Å²) < 4.78 is 5.71. The van der Waals surface area contributed by atoms with E-state index in [2.05, 4.69) is 25.8 Å². The van der Waals surface area contributed by atoms with Crippen LogP contribution in [0.2, 0.25) is 0 Å². The molecule has 3 nitrogen and oxygen atoms in total. The van der Waals surface area contributed by atoms with Gasteiger partial charge in [-0.3, -0.25) is 4.90 Å². The smallest absolute Gasteiger partial charge is 0.0695 e. The van der Waals surface area contributed by atoms with Crippen molar-refractivity contribution in [1.82, 2.24) is 4.90 Å². The number of hydrogen-bond donors (Lipinski definition) is 1. The number of nitrogens with zero attached hydrogens (tertiary/aromatic N) is 1. The predicted molar refractivity (Wildman–Crippen MR) is 78.1 cm³/mol. The second kappa shape index (κ2) is 7.05. The Hall–Kier alpha value is -0.120. The van der Waals surface area contributed by atoms with Gasteiger partial charge in [-0.05, 0) is 56.9 Å². The Bertz CT molecular complexity index is 265. The molecule has 0 radical (unpaired) electrons. The first kappa shape index (κ1) is 15.3. The van der Waals surface area contributed by atoms with E-state index in [4.69, 9.17) is 4.74 Å². The molecule has 0 bridgehead atoms. The second-order valence-corrected chi connectivity index (χ2v) is 6.95. The van der Waals surface area contributed by atoms with Gasteiger partial charge in [-0.2, -0.15) is 0 Å². The van der Waals surface area contributed by atoms with Crippen LogP contribution in [0.15, 0.2) is 0 Å². The van der Waals surface area contributed by atoms with Crippen molar-refractivity contribution >= 4 is 0 Å². The van der Waals surface area contributed by atoms with Gasteiger partial charge >= 0.3 is 0 Å². The first-order valence-corrected chi connectivity index (χ1v) is 8.04. The third kappa shape index (κ3) is 4.73. The van der Waals surface area contributed by atoms with Crippen LogP contribution in [0.25, 0.3) is 0 Å². The average Bonchev–Trinajstić information content (AvgIpc) is 3.18. The summed E-state index contributed by atoms with van der Waals surface area (Å²) in [5, 5.41) is 10.2. The van der Waals surface area contributed by atoms with Crippen LogP contribution >= 0.6 is 0 Å². The van der Waals surface area contributed by atoms with Crippen molar-refractivity contribution in [2.45, 2.75) is 58.1 Å². The minimum atomic E-state index is -0.150. The molecule has 2 fully saturated rings. The maximum atomic E-state index is 10.2. The molecule has 0 aliphatic heterocycles. The molecular formula is C16H31NO2. The highest BCUT2D eigenvalue weighted by Gasteiger charge is 2.32. The summed E-state index contributed by atoms with van der Waals surface area (Å²) in [5.41, 5.74) is 0. The van der Waals surface area contributed by atoms with Gasteiger partial charge in [-0.1, -0.05) is 13.8 Å². The van der Waals surface area contributed by atoms with Crippen molar-refractivity contribution in [3.63, 3.8) is 0 Å². The maximum absolute atomic E-state index is 10.2. The van der Waals surface area contributed by atoms with E-state index in [0.717, 1.165) is 50.4 Å². The zero-order valence-electron chi connectivity index (χ0n) is 12.8. The third-order valence-electron chi connectivity index (χ3n) is 4.97. The molecule has 2 rings (SSSR count). The fraction of sp³-hybridized carbons (Fsp3) is 1.00. The lowest BCUT2D eigenvalue weighted by Gasteiger charge is -2.40. The monoisotopic (exact) mass is 269 g/mol. The molecule has 0 aromatic heterocycles. The molecule has 0 aromatic rings. The Morgan fingerprint density at radius 1 is 1.21 bits per heavy atom. The quantitative estimate of drug-likeness (QED) is 0.721. The molecule has 112 valence electrons. The molecule has 0 aromatic carbocycles. The highest BCUT2D eigenvalue weighted by Crippen LogP contribution is 2.32. The van der Waals surface area contributed by atoms with E-state index in [0.29, 0.717) is 6.04 Å². The van der Waals surface area contributed by atoms with Gasteiger partial charge in [0.1, 0.15) is 0 Å². The molecule has 0 spiro atoms. The van der Waals surface area contributed by atoms with Crippen LogP contribution in [0.1, 0.15) is 46.0 Å². The van der Waals surface area contributed by atoms with Gasteiger partial charge in [0.2, 0.25) is 0 Å². The topological polar surface area (TPSA) is 32.7 Å². The Kier molecular flexibility index (Phi) is 5.67. The molecule has 1 N–H and O–H groups in total. The minimum absolute atomic E-state index is 0.150. The molecular weight excluding hydrogens is 238 g/mol. The zero-order valence-corrected chi connectivity index (χ0v) is 12.8. The molecule has 0 amide bonds. The van der Waals surface area contributed by atoms with E-state index in [-0.39, 0.29) is 6.10 Å². The number of aliphatic hydroxyl groups is 1. The largest absolute Gasteiger partial charge is 0.391 e. The summed E-state index contributed by atoms with van der Waals surface area (Å²) in [5.74, 6) is 2.34. The second-order valence-electron chi connectivity index (χ2n) is 6.95. The Labute approximate surface area is 118 Å². The lowest BCUT2D eigenvalue weighted by Crippen LogP contribution is -2.47. The van der Waals surface area contributed by atoms with Crippen LogP contribution in [-0.2, 0) is 4.74 Å². The molecule has 0 saturated heterocycles. The fourth-order valence-electron chi connectivity index (χ4n) is 3.15. The molecule has 3 heteroatoms. The highest BCUT2D eigenvalue weighted by molar-refractivity contribution is 4.86. The lowest BCUT2D eigenvalue weighted by molar-refractivity contribution is -0.00548. The van der Waals surface area contributed by atoms with E-state index in [1.54, 1.807) is 0 Å². The van der Waals surface area contributed by atoms with Crippen molar-refractivity contribution in [2.75, 3.05) is 26.8 Å². The van der Waals surface area contributed by atoms with Gasteiger partial charge in [-0.15, -0.1) is 0 Å². The normalized spacial score (nSPS) is 32.2. The molecule has 0 heterocycles. The molecule has 3 atom stereocenters. The van der Waals surface area contributed by atoms with Gasteiger partial charge in [0.15, 0.2) is 0 Å². The molecule has 3 unspecified atom stereocenters. The lowest BCUT2D eigenvalue weighted by atomic mass is 9.77. The van der Waals surface area contributed by atoms with E-state index in [9.17, 15) is 5.11 Å². The summed E-state index contributed by atoms with van der Waals surface area (Å²) >= 11 is 0. The van der Waals surface area contributed by atoms with Crippen LogP contribution in [0.5, 0.6) is 0 Å². The van der Waals surface area contributed by atoms with Crippen molar-refractivity contribution in [3.8, 4) is 0 Å². The molecule has 2 aliphatic rings. The number of hydrogen-bond acceptors (Lipinski definition) is 3. The predicted octanol–water partition coefficient (Wildman–Crippen LogP) is 2.53. The number of ether oxygens (including phenoxy) is 1. The standard InChI is InChI=1S/C16H31NO2/c1-12(2)14-6-7-16(18)15(10-14)17(3)8-9-19-11-13-4-5-13/h12-16,18H,4-11H2,1-3H3. The van der Waals surface area contributed by atoms with Gasteiger partial charge < -0.3 is 9.84 Å². The Balaban J connectivity index is 1.70. The van der Waals surface area contributed by atoms with Crippen molar-refractivity contribution < 1.29 is 9.84 Å². The molecule has 19 heavy (non-hydrogen) atoms. The maximum Gasteiger partial charge on any atom is 0.0695 e. The van der Waals surface area contributed by atoms with Crippen LogP contribution in [-0.4, -0.2) is 49.0 Å². The van der Waals surface area contributed by atoms with Crippen LogP contribution in [0.3, 0.4) is 0 Å². The summed E-state index contributed by atoms with van der Waals surface area (Å²) in [7, 11) is 2.14.